The summed E-state index contributed by atoms with van der Waals surface area (Å²) in [4.78, 5) is 29.4. The van der Waals surface area contributed by atoms with Crippen LogP contribution in [-0.4, -0.2) is 78.0 Å². The number of likely N-dealkylation sites (N-methyl/N-ethyl adjacent to an activating group) is 1. The lowest BCUT2D eigenvalue weighted by molar-refractivity contribution is -0.143. The maximum atomic E-state index is 12.6. The van der Waals surface area contributed by atoms with Crippen molar-refractivity contribution in [3.8, 4) is 6.07 Å². The molecule has 132 valence electrons. The average molecular weight is 334 g/mol. The first kappa shape index (κ1) is 18.3. The van der Waals surface area contributed by atoms with Gasteiger partial charge in [0.15, 0.2) is 0 Å². The molecule has 0 aromatic heterocycles. The van der Waals surface area contributed by atoms with Crippen LogP contribution >= 0.6 is 0 Å². The molecule has 0 aliphatic carbocycles. The van der Waals surface area contributed by atoms with Crippen molar-refractivity contribution in [1.29, 1.82) is 5.26 Å². The van der Waals surface area contributed by atoms with Gasteiger partial charge in [-0.1, -0.05) is 0 Å². The number of nitriles is 1. The summed E-state index contributed by atoms with van der Waals surface area (Å²) < 4.78 is 0. The van der Waals surface area contributed by atoms with Gasteiger partial charge in [0.05, 0.1) is 5.92 Å². The maximum absolute atomic E-state index is 12.6. The molecule has 0 aromatic carbocycles. The molecule has 7 heteroatoms. The van der Waals surface area contributed by atoms with Crippen molar-refractivity contribution in [2.45, 2.75) is 31.7 Å². The molecule has 2 aliphatic heterocycles. The van der Waals surface area contributed by atoms with Crippen molar-refractivity contribution < 1.29 is 14.7 Å². The van der Waals surface area contributed by atoms with Gasteiger partial charge in [-0.3, -0.25) is 9.59 Å². The average Bonchev–Trinajstić information content (AvgIpc) is 2.59. The summed E-state index contributed by atoms with van der Waals surface area (Å²) in [5, 5.41) is 18.4. The van der Waals surface area contributed by atoms with Crippen LogP contribution in [0.1, 0.15) is 25.7 Å². The van der Waals surface area contributed by atoms with E-state index >= 15 is 0 Å². The van der Waals surface area contributed by atoms with Crippen LogP contribution in [0, 0.1) is 17.2 Å². The fourth-order valence-electron chi connectivity index (χ4n) is 3.33. The number of hydrogen-bond donors (Lipinski definition) is 1. The lowest BCUT2D eigenvalue weighted by atomic mass is 9.97. The standard InChI is InChI=1S/C17H26N4O3/c1-19-7-5-15(6-8-19)20(2)16(22)14(11-18)12-21-9-3-13(4-10-21)17(23)24/h12-13,15H,3-10H2,1-2H3,(H,23,24)/b14-12-. The first-order valence-electron chi connectivity index (χ1n) is 8.47. The summed E-state index contributed by atoms with van der Waals surface area (Å²) in [6.45, 7) is 3.04. The molecule has 0 aromatic rings. The summed E-state index contributed by atoms with van der Waals surface area (Å²) >= 11 is 0. The van der Waals surface area contributed by atoms with Crippen LogP contribution in [0.3, 0.4) is 0 Å². The van der Waals surface area contributed by atoms with E-state index in [-0.39, 0.29) is 23.4 Å². The smallest absolute Gasteiger partial charge is 0.306 e. The molecule has 0 saturated carbocycles. The number of carbonyl (C=O) groups excluding carboxylic acids is 1. The van der Waals surface area contributed by atoms with Gasteiger partial charge in [-0.25, -0.2) is 0 Å². The third-order valence-electron chi connectivity index (χ3n) is 5.10. The number of piperidine rings is 2. The highest BCUT2D eigenvalue weighted by Crippen LogP contribution is 2.20. The minimum atomic E-state index is -0.766. The Morgan fingerprint density at radius 2 is 1.75 bits per heavy atom. The summed E-state index contributed by atoms with van der Waals surface area (Å²) in [5.74, 6) is -1.33. The molecule has 2 saturated heterocycles. The van der Waals surface area contributed by atoms with Crippen LogP contribution in [-0.2, 0) is 9.59 Å². The molecule has 2 fully saturated rings. The third kappa shape index (κ3) is 4.48. The van der Waals surface area contributed by atoms with Gasteiger partial charge in [0.25, 0.3) is 5.91 Å². The van der Waals surface area contributed by atoms with Crippen LogP contribution in [0.2, 0.25) is 0 Å². The Hall–Kier alpha value is -2.07. The minimum absolute atomic E-state index is 0.130. The lowest BCUT2D eigenvalue weighted by Gasteiger charge is -2.35. The molecule has 0 unspecified atom stereocenters. The molecule has 0 bridgehead atoms. The van der Waals surface area contributed by atoms with Crippen molar-refractivity contribution in [2.24, 2.45) is 5.92 Å². The van der Waals surface area contributed by atoms with Gasteiger partial charge in [0.1, 0.15) is 11.6 Å². The zero-order valence-electron chi connectivity index (χ0n) is 14.4. The Balaban J connectivity index is 1.96. The number of amides is 1. The number of carbonyl (C=O) groups is 2. The quantitative estimate of drug-likeness (QED) is 0.603. The molecule has 7 nitrogen and oxygen atoms in total. The Bertz CT molecular complexity index is 539. The number of likely N-dealkylation sites (tertiary alicyclic amines) is 2. The van der Waals surface area contributed by atoms with Crippen molar-refractivity contribution in [3.05, 3.63) is 11.8 Å². The van der Waals surface area contributed by atoms with Gasteiger partial charge in [-0.15, -0.1) is 0 Å². The van der Waals surface area contributed by atoms with Gasteiger partial charge in [-0.2, -0.15) is 5.26 Å². The second kappa shape index (κ2) is 8.15. The topological polar surface area (TPSA) is 87.9 Å². The molecule has 2 heterocycles. The predicted octanol–water partition coefficient (Wildman–Crippen LogP) is 0.743. The van der Waals surface area contributed by atoms with E-state index in [1.165, 1.54) is 0 Å². The predicted molar refractivity (Wildman–Crippen MR) is 88.9 cm³/mol. The van der Waals surface area contributed by atoms with Crippen LogP contribution in [0.4, 0.5) is 0 Å². The van der Waals surface area contributed by atoms with E-state index in [9.17, 15) is 14.9 Å². The number of rotatable bonds is 4. The number of hydrogen-bond acceptors (Lipinski definition) is 5. The molecule has 0 radical (unpaired) electrons. The minimum Gasteiger partial charge on any atom is -0.481 e. The van der Waals surface area contributed by atoms with E-state index in [1.54, 1.807) is 18.1 Å². The van der Waals surface area contributed by atoms with Crippen molar-refractivity contribution in [3.63, 3.8) is 0 Å². The van der Waals surface area contributed by atoms with Gasteiger partial charge in [0.2, 0.25) is 0 Å². The summed E-state index contributed by atoms with van der Waals surface area (Å²) in [6.07, 6.45) is 4.53. The molecular formula is C17H26N4O3. The zero-order valence-corrected chi connectivity index (χ0v) is 14.4. The number of aliphatic carboxylic acids is 1. The number of nitrogens with zero attached hydrogens (tertiary/aromatic N) is 4. The van der Waals surface area contributed by atoms with Gasteiger partial charge < -0.3 is 19.8 Å². The fourth-order valence-corrected chi connectivity index (χ4v) is 3.33. The second-order valence-corrected chi connectivity index (χ2v) is 6.75. The van der Waals surface area contributed by atoms with Crippen molar-refractivity contribution in [2.75, 3.05) is 40.3 Å². The Labute approximate surface area is 143 Å². The second-order valence-electron chi connectivity index (χ2n) is 6.75. The molecule has 1 N–H and O–H groups in total. The summed E-state index contributed by atoms with van der Waals surface area (Å²) in [7, 11) is 3.83. The number of carboxylic acid groups (broad SMARTS) is 1. The fraction of sp³-hybridized carbons (Fsp3) is 0.706. The van der Waals surface area contributed by atoms with Crippen LogP contribution in [0.15, 0.2) is 11.8 Å². The van der Waals surface area contributed by atoms with Crippen LogP contribution in [0.5, 0.6) is 0 Å². The van der Waals surface area contributed by atoms with Gasteiger partial charge in [-0.05, 0) is 45.8 Å². The van der Waals surface area contributed by atoms with Crippen molar-refractivity contribution >= 4 is 11.9 Å². The van der Waals surface area contributed by atoms with E-state index < -0.39 is 5.97 Å². The molecule has 2 aliphatic rings. The lowest BCUT2D eigenvalue weighted by Crippen LogP contribution is -2.45. The molecule has 24 heavy (non-hydrogen) atoms. The summed E-state index contributed by atoms with van der Waals surface area (Å²) in [5.41, 5.74) is 0.130. The maximum Gasteiger partial charge on any atom is 0.306 e. The molecule has 2 rings (SSSR count). The molecule has 0 atom stereocenters. The third-order valence-corrected chi connectivity index (χ3v) is 5.10. The molecule has 0 spiro atoms. The monoisotopic (exact) mass is 334 g/mol. The SMILES string of the molecule is CN1CCC(N(C)C(=O)/C(C#N)=C\N2CCC(C(=O)O)CC2)CC1. The summed E-state index contributed by atoms with van der Waals surface area (Å²) in [6, 6.07) is 2.18. The van der Waals surface area contributed by atoms with Crippen molar-refractivity contribution in [1.82, 2.24) is 14.7 Å². The largest absolute Gasteiger partial charge is 0.481 e. The zero-order chi connectivity index (χ0) is 17.7. The van der Waals surface area contributed by atoms with Gasteiger partial charge >= 0.3 is 5.97 Å². The highest BCUT2D eigenvalue weighted by Gasteiger charge is 2.27. The highest BCUT2D eigenvalue weighted by molar-refractivity contribution is 5.97. The molecule has 1 amide bonds. The Morgan fingerprint density at radius 1 is 1.17 bits per heavy atom. The van der Waals surface area contributed by atoms with E-state index in [1.807, 2.05) is 11.0 Å². The first-order chi connectivity index (χ1) is 11.4. The molecular weight excluding hydrogens is 308 g/mol. The van der Waals surface area contributed by atoms with Crippen LogP contribution in [0.25, 0.3) is 0 Å². The normalized spacial score (nSPS) is 21.4. The number of carboxylic acids is 1. The Morgan fingerprint density at radius 3 is 2.25 bits per heavy atom. The van der Waals surface area contributed by atoms with E-state index in [4.69, 9.17) is 5.11 Å². The first-order valence-corrected chi connectivity index (χ1v) is 8.47. The highest BCUT2D eigenvalue weighted by atomic mass is 16.4. The van der Waals surface area contributed by atoms with E-state index in [0.717, 1.165) is 25.9 Å². The Kier molecular flexibility index (Phi) is 6.21. The van der Waals surface area contributed by atoms with Crippen LogP contribution < -0.4 is 0 Å². The van der Waals surface area contributed by atoms with E-state index in [0.29, 0.717) is 25.9 Å². The van der Waals surface area contributed by atoms with Gasteiger partial charge in [0, 0.05) is 32.4 Å². The van der Waals surface area contributed by atoms with E-state index in [2.05, 4.69) is 11.9 Å².